The van der Waals surface area contributed by atoms with Gasteiger partial charge in [0.2, 0.25) is 5.95 Å². The van der Waals surface area contributed by atoms with E-state index < -0.39 is 30.3 Å². The Kier molecular flexibility index (Phi) is 4.55. The third kappa shape index (κ3) is 3.33. The number of hydrazone groups is 1. The molecule has 0 saturated carbocycles. The van der Waals surface area contributed by atoms with Gasteiger partial charge in [0.1, 0.15) is 6.54 Å². The van der Waals surface area contributed by atoms with Crippen molar-refractivity contribution < 1.29 is 22.4 Å². The van der Waals surface area contributed by atoms with Crippen molar-refractivity contribution in [1.29, 1.82) is 0 Å². The van der Waals surface area contributed by atoms with Crippen LogP contribution in [0.3, 0.4) is 0 Å². The molecule has 2 heterocycles. The topological polar surface area (TPSA) is 77.1 Å². The molecule has 140 valence electrons. The summed E-state index contributed by atoms with van der Waals surface area (Å²) in [5.41, 5.74) is 2.32. The number of halogens is 4. The summed E-state index contributed by atoms with van der Waals surface area (Å²) in [6, 6.07) is 0. The predicted octanol–water partition coefficient (Wildman–Crippen LogP) is 1.72. The maximum Gasteiger partial charge on any atom is 0.435 e. The first-order valence-electron chi connectivity index (χ1n) is 7.85. The molecule has 1 amide bonds. The van der Waals surface area contributed by atoms with Gasteiger partial charge in [-0.25, -0.2) is 10.1 Å². The molecule has 1 aliphatic carbocycles. The molecule has 0 saturated heterocycles. The maximum atomic E-state index is 13.7. The number of hydrogen-bond acceptors (Lipinski definition) is 4. The van der Waals surface area contributed by atoms with Crippen LogP contribution in [0.4, 0.5) is 17.6 Å². The Morgan fingerprint density at radius 1 is 1.35 bits per heavy atom. The van der Waals surface area contributed by atoms with Gasteiger partial charge >= 0.3 is 6.18 Å². The molecule has 11 heteroatoms. The maximum absolute atomic E-state index is 13.7. The Hall–Kier alpha value is -2.72. The highest BCUT2D eigenvalue weighted by Gasteiger charge is 2.40. The van der Waals surface area contributed by atoms with Gasteiger partial charge in [0.15, 0.2) is 5.69 Å². The molecule has 0 fully saturated rings. The molecule has 0 bridgehead atoms. The molecule has 0 unspecified atom stereocenters. The number of carbonyl (C=O) groups excluding carboxylic acids is 1. The van der Waals surface area contributed by atoms with Crippen LogP contribution in [0.25, 0.3) is 0 Å². The molecule has 0 aliphatic heterocycles. The number of rotatable bonds is 4. The van der Waals surface area contributed by atoms with E-state index in [1.54, 1.807) is 6.92 Å². The first-order valence-corrected chi connectivity index (χ1v) is 7.85. The minimum atomic E-state index is -4.55. The smallest absolute Gasteiger partial charge is 0.271 e. The number of carbonyl (C=O) groups is 1. The zero-order valence-electron chi connectivity index (χ0n) is 14.1. The lowest BCUT2D eigenvalue weighted by Crippen LogP contribution is -2.25. The van der Waals surface area contributed by atoms with Crippen molar-refractivity contribution in [2.45, 2.75) is 38.9 Å². The van der Waals surface area contributed by atoms with Crippen molar-refractivity contribution in [2.24, 2.45) is 12.1 Å². The summed E-state index contributed by atoms with van der Waals surface area (Å²) in [4.78, 5) is 12.0. The number of aromatic nitrogens is 4. The second-order valence-electron chi connectivity index (χ2n) is 5.99. The van der Waals surface area contributed by atoms with Crippen molar-refractivity contribution in [2.75, 3.05) is 0 Å². The highest BCUT2D eigenvalue weighted by Crippen LogP contribution is 2.36. The Bertz CT molecular complexity index is 880. The van der Waals surface area contributed by atoms with Crippen LogP contribution >= 0.6 is 0 Å². The molecule has 0 aromatic carbocycles. The molecule has 3 rings (SSSR count). The van der Waals surface area contributed by atoms with Gasteiger partial charge in [-0.3, -0.25) is 9.48 Å². The molecule has 2 aromatic rings. The van der Waals surface area contributed by atoms with E-state index in [0.29, 0.717) is 30.7 Å². The number of hydrogen-bond donors (Lipinski definition) is 1. The van der Waals surface area contributed by atoms with E-state index in [0.717, 1.165) is 15.6 Å². The Morgan fingerprint density at radius 3 is 2.69 bits per heavy atom. The van der Waals surface area contributed by atoms with Crippen molar-refractivity contribution in [3.8, 4) is 0 Å². The second-order valence-corrected chi connectivity index (χ2v) is 5.99. The third-order valence-corrected chi connectivity index (χ3v) is 4.15. The lowest BCUT2D eigenvalue weighted by Gasteiger charge is -2.05. The van der Waals surface area contributed by atoms with E-state index in [9.17, 15) is 22.4 Å². The fraction of sp³-hybridized carbons (Fsp3) is 0.467. The largest absolute Gasteiger partial charge is 0.435 e. The van der Waals surface area contributed by atoms with Crippen LogP contribution in [0, 0.1) is 12.9 Å². The lowest BCUT2D eigenvalue weighted by atomic mass is 10.2. The fourth-order valence-electron chi connectivity index (χ4n) is 3.00. The minimum absolute atomic E-state index is 0.118. The zero-order chi connectivity index (χ0) is 19.1. The number of amides is 1. The van der Waals surface area contributed by atoms with Crippen LogP contribution in [0.2, 0.25) is 0 Å². The number of fused-ring (bicyclic) bond motifs is 1. The van der Waals surface area contributed by atoms with Crippen LogP contribution < -0.4 is 5.43 Å². The van der Waals surface area contributed by atoms with Gasteiger partial charge in [-0.05, 0) is 26.2 Å². The van der Waals surface area contributed by atoms with Crippen LogP contribution in [0.1, 0.15) is 34.6 Å². The molecular formula is C15H16F4N6O. The Balaban J connectivity index is 1.70. The van der Waals surface area contributed by atoms with Gasteiger partial charge in [-0.15, -0.1) is 0 Å². The summed E-state index contributed by atoms with van der Waals surface area (Å²) in [5.74, 6) is -1.27. The molecule has 26 heavy (non-hydrogen) atoms. The standard InChI is InChI=1S/C15H16F4N6O/c1-8-10(14(16)24(2)22-8)6-20-21-12(26)7-25-11-5-3-4-9(11)13(23-25)15(17,18)19/h6H,3-5,7H2,1-2H3,(H,21,26). The van der Waals surface area contributed by atoms with E-state index in [2.05, 4.69) is 20.7 Å². The summed E-state index contributed by atoms with van der Waals surface area (Å²) in [7, 11) is 1.43. The van der Waals surface area contributed by atoms with E-state index in [-0.39, 0.29) is 11.1 Å². The number of nitrogens with zero attached hydrogens (tertiary/aromatic N) is 5. The van der Waals surface area contributed by atoms with Crippen LogP contribution in [-0.2, 0) is 37.4 Å². The van der Waals surface area contributed by atoms with E-state index >= 15 is 0 Å². The van der Waals surface area contributed by atoms with Gasteiger partial charge in [-0.2, -0.15) is 32.9 Å². The molecule has 2 aromatic heterocycles. The first-order chi connectivity index (χ1) is 12.2. The summed E-state index contributed by atoms with van der Waals surface area (Å²) in [6.07, 6.45) is -2.12. The normalized spacial score (nSPS) is 14.2. The fourth-order valence-corrected chi connectivity index (χ4v) is 3.00. The molecule has 1 aliphatic rings. The lowest BCUT2D eigenvalue weighted by molar-refractivity contribution is -0.142. The molecule has 0 atom stereocenters. The number of nitrogens with one attached hydrogen (secondary N) is 1. The number of aryl methyl sites for hydroxylation is 2. The SMILES string of the molecule is Cc1nn(C)c(F)c1C=NNC(=O)Cn1nc(C(F)(F)F)c2c1CCC2. The Morgan fingerprint density at radius 2 is 2.08 bits per heavy atom. The second kappa shape index (κ2) is 6.54. The Labute approximate surface area is 145 Å². The number of alkyl halides is 3. The quantitative estimate of drug-likeness (QED) is 0.504. The molecule has 7 nitrogen and oxygen atoms in total. The highest BCUT2D eigenvalue weighted by molar-refractivity contribution is 5.83. The molecular weight excluding hydrogens is 356 g/mol. The van der Waals surface area contributed by atoms with E-state index in [1.807, 2.05) is 0 Å². The molecule has 0 radical (unpaired) electrons. The average molecular weight is 372 g/mol. The molecule has 1 N–H and O–H groups in total. The van der Waals surface area contributed by atoms with Crippen molar-refractivity contribution in [3.63, 3.8) is 0 Å². The highest BCUT2D eigenvalue weighted by atomic mass is 19.4. The van der Waals surface area contributed by atoms with Gasteiger partial charge in [0.25, 0.3) is 5.91 Å². The zero-order valence-corrected chi connectivity index (χ0v) is 14.1. The van der Waals surface area contributed by atoms with E-state index in [4.69, 9.17) is 0 Å². The summed E-state index contributed by atoms with van der Waals surface area (Å²) in [5, 5.41) is 11.0. The predicted molar refractivity (Wildman–Crippen MR) is 82.9 cm³/mol. The summed E-state index contributed by atoms with van der Waals surface area (Å²) >= 11 is 0. The van der Waals surface area contributed by atoms with Crippen LogP contribution in [0.5, 0.6) is 0 Å². The monoisotopic (exact) mass is 372 g/mol. The van der Waals surface area contributed by atoms with Crippen LogP contribution in [-0.4, -0.2) is 31.7 Å². The summed E-state index contributed by atoms with van der Waals surface area (Å²) < 4.78 is 54.9. The van der Waals surface area contributed by atoms with Crippen LogP contribution in [0.15, 0.2) is 5.10 Å². The third-order valence-electron chi connectivity index (χ3n) is 4.15. The van der Waals surface area contributed by atoms with Gasteiger partial charge < -0.3 is 0 Å². The van der Waals surface area contributed by atoms with Crippen molar-refractivity contribution in [1.82, 2.24) is 25.0 Å². The van der Waals surface area contributed by atoms with E-state index in [1.165, 1.54) is 7.05 Å². The van der Waals surface area contributed by atoms with Crippen molar-refractivity contribution >= 4 is 12.1 Å². The first kappa shape index (κ1) is 18.1. The molecule has 0 spiro atoms. The summed E-state index contributed by atoms with van der Waals surface area (Å²) in [6.45, 7) is 1.18. The van der Waals surface area contributed by atoms with Gasteiger partial charge in [0, 0.05) is 18.3 Å². The van der Waals surface area contributed by atoms with Gasteiger partial charge in [0.05, 0.1) is 17.5 Å². The van der Waals surface area contributed by atoms with Crippen molar-refractivity contribution in [3.05, 3.63) is 34.2 Å². The average Bonchev–Trinajstić information content (AvgIpc) is 3.19. The minimum Gasteiger partial charge on any atom is -0.271 e. The van der Waals surface area contributed by atoms with Gasteiger partial charge in [-0.1, -0.05) is 0 Å².